The van der Waals surface area contributed by atoms with E-state index in [2.05, 4.69) is 15.9 Å². The fraction of sp³-hybridized carbons (Fsp3) is 0.538. The third-order valence-corrected chi connectivity index (χ3v) is 3.89. The largest absolute Gasteiger partial charge is 0.387 e. The molecular weight excluding hydrogens is 287 g/mol. The smallest absolute Gasteiger partial charge is 0.137 e. The van der Waals surface area contributed by atoms with Gasteiger partial charge in [-0.25, -0.2) is 4.39 Å². The quantitative estimate of drug-likeness (QED) is 0.905. The molecule has 96 valence electrons. The van der Waals surface area contributed by atoms with Crippen LogP contribution in [0.2, 0.25) is 0 Å². The predicted octanol–water partition coefficient (Wildman–Crippen LogP) is 3.16. The molecule has 1 atom stereocenters. The highest BCUT2D eigenvalue weighted by Crippen LogP contribution is 2.28. The molecular formula is C13H18BrFO2. The Balaban J connectivity index is 2.98. The maximum Gasteiger partial charge on any atom is 0.137 e. The summed E-state index contributed by atoms with van der Waals surface area (Å²) in [6, 6.07) is 4.83. The van der Waals surface area contributed by atoms with Gasteiger partial charge in [-0.3, -0.25) is 0 Å². The van der Waals surface area contributed by atoms with Crippen LogP contribution in [0, 0.1) is 11.7 Å². The van der Waals surface area contributed by atoms with Crippen molar-refractivity contribution in [2.75, 3.05) is 13.7 Å². The Hall–Kier alpha value is -0.450. The summed E-state index contributed by atoms with van der Waals surface area (Å²) < 4.78 is 18.8. The first-order chi connectivity index (χ1) is 7.90. The summed E-state index contributed by atoms with van der Waals surface area (Å²) >= 11 is 3.21. The third-order valence-electron chi connectivity index (χ3n) is 3.00. The van der Waals surface area contributed by atoms with Crippen molar-refractivity contribution in [1.29, 1.82) is 0 Å². The molecule has 0 fully saturated rings. The van der Waals surface area contributed by atoms with E-state index in [9.17, 15) is 9.50 Å². The summed E-state index contributed by atoms with van der Waals surface area (Å²) in [6.07, 6.45) is 0.358. The second-order valence-corrected chi connectivity index (χ2v) is 5.37. The van der Waals surface area contributed by atoms with Gasteiger partial charge in [-0.2, -0.15) is 0 Å². The van der Waals surface area contributed by atoms with E-state index in [0.29, 0.717) is 10.9 Å². The lowest BCUT2D eigenvalue weighted by Crippen LogP contribution is -2.42. The van der Waals surface area contributed by atoms with Gasteiger partial charge in [0.2, 0.25) is 0 Å². The zero-order valence-electron chi connectivity index (χ0n) is 10.3. The minimum absolute atomic E-state index is 0.0256. The molecule has 2 nitrogen and oxygen atoms in total. The lowest BCUT2D eigenvalue weighted by Gasteiger charge is -2.32. The van der Waals surface area contributed by atoms with E-state index in [0.717, 1.165) is 5.56 Å². The Morgan fingerprint density at radius 1 is 1.47 bits per heavy atom. The van der Waals surface area contributed by atoms with Gasteiger partial charge in [0.1, 0.15) is 5.82 Å². The summed E-state index contributed by atoms with van der Waals surface area (Å²) in [6.45, 7) is 4.08. The van der Waals surface area contributed by atoms with Crippen LogP contribution in [0.15, 0.2) is 22.7 Å². The summed E-state index contributed by atoms with van der Waals surface area (Å²) in [7, 11) is 1.55. The second-order valence-electron chi connectivity index (χ2n) is 4.58. The van der Waals surface area contributed by atoms with E-state index in [1.165, 1.54) is 6.07 Å². The van der Waals surface area contributed by atoms with Crippen LogP contribution >= 0.6 is 15.9 Å². The number of rotatable bonds is 5. The van der Waals surface area contributed by atoms with Gasteiger partial charge in [-0.15, -0.1) is 0 Å². The molecule has 4 heteroatoms. The van der Waals surface area contributed by atoms with E-state index in [4.69, 9.17) is 4.74 Å². The lowest BCUT2D eigenvalue weighted by atomic mass is 9.85. The fourth-order valence-electron chi connectivity index (χ4n) is 1.69. The molecule has 1 unspecified atom stereocenters. The first-order valence-corrected chi connectivity index (χ1v) is 6.34. The van der Waals surface area contributed by atoms with E-state index in [-0.39, 0.29) is 18.3 Å². The molecule has 17 heavy (non-hydrogen) atoms. The van der Waals surface area contributed by atoms with Crippen molar-refractivity contribution in [3.63, 3.8) is 0 Å². The normalized spacial score (nSPS) is 15.0. The fourth-order valence-corrected chi connectivity index (χ4v) is 2.09. The summed E-state index contributed by atoms with van der Waals surface area (Å²) in [5.41, 5.74) is -0.233. The number of aliphatic hydroxyl groups is 1. The highest BCUT2D eigenvalue weighted by molar-refractivity contribution is 9.10. The van der Waals surface area contributed by atoms with Gasteiger partial charge in [-0.1, -0.05) is 26.0 Å². The number of hydrogen-bond donors (Lipinski definition) is 1. The summed E-state index contributed by atoms with van der Waals surface area (Å²) in [4.78, 5) is 0. The van der Waals surface area contributed by atoms with E-state index in [1.807, 2.05) is 13.8 Å². The maximum atomic E-state index is 13.4. The van der Waals surface area contributed by atoms with Crippen LogP contribution in [-0.4, -0.2) is 24.4 Å². The summed E-state index contributed by atoms with van der Waals surface area (Å²) in [5.74, 6) is -0.288. The predicted molar refractivity (Wildman–Crippen MR) is 69.5 cm³/mol. The molecule has 0 heterocycles. The molecule has 0 aliphatic carbocycles. The Morgan fingerprint density at radius 3 is 2.65 bits per heavy atom. The van der Waals surface area contributed by atoms with Gasteiger partial charge in [0.25, 0.3) is 0 Å². The molecule has 0 saturated heterocycles. The molecule has 0 amide bonds. The molecule has 0 aromatic heterocycles. The molecule has 0 spiro atoms. The minimum atomic E-state index is -0.981. The Bertz CT molecular complexity index is 382. The van der Waals surface area contributed by atoms with Crippen LogP contribution in [0.3, 0.4) is 0 Å². The Kier molecular flexibility index (Phi) is 5.10. The van der Waals surface area contributed by atoms with Gasteiger partial charge in [0, 0.05) is 13.5 Å². The number of hydrogen-bond acceptors (Lipinski definition) is 2. The van der Waals surface area contributed by atoms with Crippen LogP contribution in [-0.2, 0) is 11.2 Å². The zero-order valence-corrected chi connectivity index (χ0v) is 11.9. The average molecular weight is 305 g/mol. The van der Waals surface area contributed by atoms with Crippen molar-refractivity contribution < 1.29 is 14.2 Å². The molecule has 0 saturated carbocycles. The molecule has 0 aliphatic heterocycles. The minimum Gasteiger partial charge on any atom is -0.387 e. The Morgan fingerprint density at radius 2 is 2.12 bits per heavy atom. The SMILES string of the molecule is COCC(O)(Cc1cccc(F)c1Br)C(C)C. The monoisotopic (exact) mass is 304 g/mol. The van der Waals surface area contributed by atoms with E-state index < -0.39 is 5.60 Å². The number of ether oxygens (including phenoxy) is 1. The first-order valence-electron chi connectivity index (χ1n) is 5.55. The van der Waals surface area contributed by atoms with Gasteiger partial charge in [0.15, 0.2) is 0 Å². The molecule has 0 bridgehead atoms. The van der Waals surface area contributed by atoms with Crippen molar-refractivity contribution >= 4 is 15.9 Å². The van der Waals surface area contributed by atoms with Gasteiger partial charge in [0.05, 0.1) is 16.7 Å². The zero-order chi connectivity index (χ0) is 13.1. The van der Waals surface area contributed by atoms with Crippen molar-refractivity contribution in [3.05, 3.63) is 34.1 Å². The standard InChI is InChI=1S/C13H18BrFO2/c1-9(2)13(16,8-17-3)7-10-5-4-6-11(15)12(10)14/h4-6,9,16H,7-8H2,1-3H3. The number of halogens is 2. The van der Waals surface area contributed by atoms with Gasteiger partial charge < -0.3 is 9.84 Å². The van der Waals surface area contributed by atoms with Crippen LogP contribution < -0.4 is 0 Å². The first kappa shape index (κ1) is 14.6. The lowest BCUT2D eigenvalue weighted by molar-refractivity contribution is -0.0638. The topological polar surface area (TPSA) is 29.5 Å². The Labute approximate surface area is 110 Å². The molecule has 0 radical (unpaired) electrons. The molecule has 1 rings (SSSR count). The van der Waals surface area contributed by atoms with Crippen molar-refractivity contribution in [1.82, 2.24) is 0 Å². The maximum absolute atomic E-state index is 13.4. The van der Waals surface area contributed by atoms with Crippen LogP contribution in [0.25, 0.3) is 0 Å². The highest BCUT2D eigenvalue weighted by atomic mass is 79.9. The second kappa shape index (κ2) is 5.94. The van der Waals surface area contributed by atoms with Crippen LogP contribution in [0.5, 0.6) is 0 Å². The number of benzene rings is 1. The van der Waals surface area contributed by atoms with Crippen molar-refractivity contribution in [2.45, 2.75) is 25.9 Å². The van der Waals surface area contributed by atoms with E-state index in [1.54, 1.807) is 19.2 Å². The average Bonchev–Trinajstić information content (AvgIpc) is 2.25. The molecule has 1 N–H and O–H groups in total. The number of methoxy groups -OCH3 is 1. The molecule has 0 aliphatic rings. The van der Waals surface area contributed by atoms with Crippen LogP contribution in [0.1, 0.15) is 19.4 Å². The van der Waals surface area contributed by atoms with Gasteiger partial charge in [-0.05, 0) is 33.5 Å². The summed E-state index contributed by atoms with van der Waals surface area (Å²) in [5, 5.41) is 10.5. The van der Waals surface area contributed by atoms with Crippen molar-refractivity contribution in [3.8, 4) is 0 Å². The van der Waals surface area contributed by atoms with Gasteiger partial charge >= 0.3 is 0 Å². The molecule has 1 aromatic rings. The molecule has 1 aromatic carbocycles. The van der Waals surface area contributed by atoms with Crippen LogP contribution in [0.4, 0.5) is 4.39 Å². The van der Waals surface area contributed by atoms with E-state index >= 15 is 0 Å². The third kappa shape index (κ3) is 3.50. The van der Waals surface area contributed by atoms with Crippen molar-refractivity contribution in [2.24, 2.45) is 5.92 Å². The highest BCUT2D eigenvalue weighted by Gasteiger charge is 2.32.